The molecule has 0 aromatic carbocycles. The van der Waals surface area contributed by atoms with Gasteiger partial charge in [0, 0.05) is 6.07 Å². The van der Waals surface area contributed by atoms with Crippen molar-refractivity contribution >= 4 is 5.97 Å². The summed E-state index contributed by atoms with van der Waals surface area (Å²) < 4.78 is 10.7. The van der Waals surface area contributed by atoms with Crippen LogP contribution in [0.4, 0.5) is 0 Å². The highest BCUT2D eigenvalue weighted by Crippen LogP contribution is 2.13. The number of carbonyl (C=O) groups is 1. The topological polar surface area (TPSA) is 70.4 Å². The van der Waals surface area contributed by atoms with Crippen LogP contribution in [0, 0.1) is 0 Å². The SMILES string of the molecule is COC(=O)c1ccc(=O)n(C2COC2)n1. The smallest absolute Gasteiger partial charge is 0.358 e. The van der Waals surface area contributed by atoms with E-state index in [4.69, 9.17) is 4.74 Å². The molecule has 1 saturated heterocycles. The summed E-state index contributed by atoms with van der Waals surface area (Å²) >= 11 is 0. The zero-order valence-corrected chi connectivity index (χ0v) is 8.17. The maximum Gasteiger partial charge on any atom is 0.358 e. The lowest BCUT2D eigenvalue weighted by Gasteiger charge is -2.26. The standard InChI is InChI=1S/C9H10N2O4/c1-14-9(13)7-2-3-8(12)11(10-7)6-4-15-5-6/h2-3,6H,4-5H2,1H3. The Labute approximate surface area is 85.4 Å². The third kappa shape index (κ3) is 1.75. The first-order chi connectivity index (χ1) is 7.22. The van der Waals surface area contributed by atoms with Crippen molar-refractivity contribution in [3.05, 3.63) is 28.2 Å². The first kappa shape index (κ1) is 9.85. The second kappa shape index (κ2) is 3.82. The number of nitrogens with zero attached hydrogens (tertiary/aromatic N) is 2. The van der Waals surface area contributed by atoms with E-state index in [1.165, 1.54) is 23.9 Å². The molecule has 0 radical (unpaired) electrons. The van der Waals surface area contributed by atoms with E-state index in [0.717, 1.165) is 0 Å². The summed E-state index contributed by atoms with van der Waals surface area (Å²) in [5.41, 5.74) is -0.111. The van der Waals surface area contributed by atoms with Crippen molar-refractivity contribution in [2.75, 3.05) is 20.3 Å². The molecule has 1 fully saturated rings. The van der Waals surface area contributed by atoms with Gasteiger partial charge in [-0.05, 0) is 6.07 Å². The summed E-state index contributed by atoms with van der Waals surface area (Å²) in [5.74, 6) is -0.552. The number of hydrogen-bond donors (Lipinski definition) is 0. The van der Waals surface area contributed by atoms with E-state index in [2.05, 4.69) is 9.84 Å². The van der Waals surface area contributed by atoms with Crippen LogP contribution >= 0.6 is 0 Å². The Bertz CT molecular complexity index is 436. The van der Waals surface area contributed by atoms with Crippen LogP contribution in [0.2, 0.25) is 0 Å². The van der Waals surface area contributed by atoms with Crippen LogP contribution in [0.25, 0.3) is 0 Å². The number of methoxy groups -OCH3 is 1. The van der Waals surface area contributed by atoms with Crippen LogP contribution in [-0.2, 0) is 9.47 Å². The molecule has 80 valence electrons. The van der Waals surface area contributed by atoms with E-state index in [0.29, 0.717) is 13.2 Å². The Kier molecular flexibility index (Phi) is 2.51. The highest BCUT2D eigenvalue weighted by molar-refractivity contribution is 5.86. The molecule has 0 spiro atoms. The second-order valence-corrected chi connectivity index (χ2v) is 3.18. The molecule has 1 aromatic rings. The number of rotatable bonds is 2. The predicted octanol–water partition coefficient (Wildman–Crippen LogP) is -0.399. The van der Waals surface area contributed by atoms with E-state index in [-0.39, 0.29) is 17.3 Å². The van der Waals surface area contributed by atoms with E-state index in [9.17, 15) is 9.59 Å². The van der Waals surface area contributed by atoms with Crippen LogP contribution in [0.1, 0.15) is 16.5 Å². The van der Waals surface area contributed by atoms with Gasteiger partial charge in [0.2, 0.25) is 0 Å². The summed E-state index contributed by atoms with van der Waals surface area (Å²) in [7, 11) is 1.27. The van der Waals surface area contributed by atoms with Crippen LogP contribution in [0.5, 0.6) is 0 Å². The quantitative estimate of drug-likeness (QED) is 0.621. The molecule has 0 aliphatic carbocycles. The lowest BCUT2D eigenvalue weighted by Crippen LogP contribution is -2.39. The van der Waals surface area contributed by atoms with Gasteiger partial charge in [-0.3, -0.25) is 4.79 Å². The molecule has 2 heterocycles. The van der Waals surface area contributed by atoms with Gasteiger partial charge in [0.25, 0.3) is 5.56 Å². The Morgan fingerprint density at radius 2 is 2.33 bits per heavy atom. The minimum absolute atomic E-state index is 0.0675. The second-order valence-electron chi connectivity index (χ2n) is 3.18. The molecule has 0 unspecified atom stereocenters. The third-order valence-electron chi connectivity index (χ3n) is 2.19. The molecule has 2 rings (SSSR count). The minimum atomic E-state index is -0.552. The molecule has 0 atom stereocenters. The van der Waals surface area contributed by atoms with E-state index in [1.807, 2.05) is 0 Å². The zero-order chi connectivity index (χ0) is 10.8. The molecule has 0 amide bonds. The summed E-state index contributed by atoms with van der Waals surface area (Å²) in [6.45, 7) is 0.912. The fourth-order valence-corrected chi connectivity index (χ4v) is 1.26. The summed E-state index contributed by atoms with van der Waals surface area (Å²) in [6.07, 6.45) is 0. The first-order valence-electron chi connectivity index (χ1n) is 4.48. The molecule has 15 heavy (non-hydrogen) atoms. The van der Waals surface area contributed by atoms with Crippen molar-refractivity contribution in [3.8, 4) is 0 Å². The number of carbonyl (C=O) groups excluding carboxylic acids is 1. The first-order valence-corrected chi connectivity index (χ1v) is 4.48. The average molecular weight is 210 g/mol. The fourth-order valence-electron chi connectivity index (χ4n) is 1.26. The maximum absolute atomic E-state index is 11.4. The van der Waals surface area contributed by atoms with Crippen LogP contribution in [-0.4, -0.2) is 36.1 Å². The number of esters is 1. The zero-order valence-electron chi connectivity index (χ0n) is 8.17. The van der Waals surface area contributed by atoms with Crippen molar-refractivity contribution < 1.29 is 14.3 Å². The molecule has 0 saturated carbocycles. The molecule has 0 bridgehead atoms. The van der Waals surface area contributed by atoms with Crippen LogP contribution in [0.3, 0.4) is 0 Å². The molecule has 6 heteroatoms. The van der Waals surface area contributed by atoms with E-state index >= 15 is 0 Å². The predicted molar refractivity (Wildman–Crippen MR) is 49.7 cm³/mol. The van der Waals surface area contributed by atoms with Gasteiger partial charge >= 0.3 is 5.97 Å². The molecule has 0 N–H and O–H groups in total. The molecule has 1 aliphatic rings. The lowest BCUT2D eigenvalue weighted by atomic mass is 10.2. The number of hydrogen-bond acceptors (Lipinski definition) is 5. The van der Waals surface area contributed by atoms with Crippen molar-refractivity contribution in [1.82, 2.24) is 9.78 Å². The molecule has 1 aromatic heterocycles. The summed E-state index contributed by atoms with van der Waals surface area (Å²) in [4.78, 5) is 22.6. The summed E-state index contributed by atoms with van der Waals surface area (Å²) in [5, 5.41) is 3.91. The summed E-state index contributed by atoms with van der Waals surface area (Å²) in [6, 6.07) is 2.59. The Hall–Kier alpha value is -1.69. The number of ether oxygens (including phenoxy) is 2. The molecule has 6 nitrogen and oxygen atoms in total. The van der Waals surface area contributed by atoms with Crippen molar-refractivity contribution in [1.29, 1.82) is 0 Å². The molecular weight excluding hydrogens is 200 g/mol. The van der Waals surface area contributed by atoms with Gasteiger partial charge in [-0.2, -0.15) is 5.10 Å². The van der Waals surface area contributed by atoms with Gasteiger partial charge in [-0.25, -0.2) is 9.48 Å². The van der Waals surface area contributed by atoms with Gasteiger partial charge in [0.15, 0.2) is 5.69 Å². The molecular formula is C9H10N2O4. The monoisotopic (exact) mass is 210 g/mol. The van der Waals surface area contributed by atoms with E-state index < -0.39 is 5.97 Å². The molecule has 1 aliphatic heterocycles. The minimum Gasteiger partial charge on any atom is -0.464 e. The highest BCUT2D eigenvalue weighted by atomic mass is 16.5. The average Bonchev–Trinajstić information content (AvgIpc) is 2.17. The largest absolute Gasteiger partial charge is 0.464 e. The van der Waals surface area contributed by atoms with Gasteiger partial charge in [0.05, 0.1) is 20.3 Å². The van der Waals surface area contributed by atoms with Gasteiger partial charge in [0.1, 0.15) is 6.04 Å². The maximum atomic E-state index is 11.4. The fraction of sp³-hybridized carbons (Fsp3) is 0.444. The van der Waals surface area contributed by atoms with Gasteiger partial charge in [-0.15, -0.1) is 0 Å². The van der Waals surface area contributed by atoms with Gasteiger partial charge < -0.3 is 9.47 Å². The number of aromatic nitrogens is 2. The van der Waals surface area contributed by atoms with E-state index in [1.54, 1.807) is 0 Å². The van der Waals surface area contributed by atoms with Crippen molar-refractivity contribution in [2.45, 2.75) is 6.04 Å². The Morgan fingerprint density at radius 1 is 1.60 bits per heavy atom. The van der Waals surface area contributed by atoms with Crippen molar-refractivity contribution in [2.24, 2.45) is 0 Å². The Morgan fingerprint density at radius 3 is 2.87 bits per heavy atom. The normalized spacial score (nSPS) is 15.8. The van der Waals surface area contributed by atoms with Crippen LogP contribution in [0.15, 0.2) is 16.9 Å². The third-order valence-corrected chi connectivity index (χ3v) is 2.19. The van der Waals surface area contributed by atoms with Crippen LogP contribution < -0.4 is 5.56 Å². The van der Waals surface area contributed by atoms with Gasteiger partial charge in [-0.1, -0.05) is 0 Å². The lowest BCUT2D eigenvalue weighted by molar-refractivity contribution is -0.0311. The van der Waals surface area contributed by atoms with Crippen molar-refractivity contribution in [3.63, 3.8) is 0 Å². The Balaban J connectivity index is 2.36. The highest BCUT2D eigenvalue weighted by Gasteiger charge is 2.23.